The van der Waals surface area contributed by atoms with E-state index in [9.17, 15) is 14.4 Å². The fourth-order valence-electron chi connectivity index (χ4n) is 4.34. The van der Waals surface area contributed by atoms with Crippen molar-refractivity contribution < 1.29 is 24.2 Å². The Morgan fingerprint density at radius 2 is 1.67 bits per heavy atom. The van der Waals surface area contributed by atoms with Gasteiger partial charge in [0.05, 0.1) is 5.92 Å². The second-order valence-corrected chi connectivity index (χ2v) is 8.14. The number of aromatic nitrogens is 3. The lowest BCUT2D eigenvalue weighted by molar-refractivity contribution is -0.145. The number of carbonyl (C=O) groups is 3. The molecule has 10 nitrogen and oxygen atoms in total. The smallest absolute Gasteiger partial charge is 0.414 e. The molecule has 4 N–H and O–H groups in total. The Balaban J connectivity index is 1.16. The number of carboxylic acid groups (broad SMARTS) is 1. The average Bonchev–Trinajstić information content (AvgIpc) is 3.37. The molecule has 0 unspecified atom stereocenters. The van der Waals surface area contributed by atoms with Crippen molar-refractivity contribution in [3.63, 3.8) is 0 Å². The maximum atomic E-state index is 12.3. The van der Waals surface area contributed by atoms with Gasteiger partial charge in [-0.1, -0.05) is 48.5 Å². The van der Waals surface area contributed by atoms with E-state index in [-0.39, 0.29) is 30.3 Å². The van der Waals surface area contributed by atoms with Gasteiger partial charge in [-0.05, 0) is 35.1 Å². The fraction of sp³-hybridized carbons (Fsp3) is 0.261. The molecule has 0 bridgehead atoms. The van der Waals surface area contributed by atoms with Gasteiger partial charge in [0.2, 0.25) is 5.82 Å². The van der Waals surface area contributed by atoms with Crippen LogP contribution in [0.1, 0.15) is 40.5 Å². The lowest BCUT2D eigenvalue weighted by Gasteiger charge is -2.32. The number of amides is 2. The number of nitrogens with zero attached hydrogens (tertiary/aromatic N) is 2. The van der Waals surface area contributed by atoms with E-state index in [0.29, 0.717) is 12.8 Å². The van der Waals surface area contributed by atoms with Gasteiger partial charge in [-0.3, -0.25) is 20.0 Å². The van der Waals surface area contributed by atoms with E-state index in [1.807, 2.05) is 36.4 Å². The highest BCUT2D eigenvalue weighted by Crippen LogP contribution is 2.44. The molecule has 1 heterocycles. The number of aliphatic carboxylic acids is 1. The zero-order valence-corrected chi connectivity index (χ0v) is 17.4. The van der Waals surface area contributed by atoms with Crippen LogP contribution in [-0.4, -0.2) is 50.9 Å². The molecule has 2 aliphatic rings. The van der Waals surface area contributed by atoms with Gasteiger partial charge in [0, 0.05) is 12.0 Å². The van der Waals surface area contributed by atoms with Crippen molar-refractivity contribution in [3.8, 4) is 11.1 Å². The topological polar surface area (TPSA) is 146 Å². The minimum Gasteiger partial charge on any atom is -0.481 e. The van der Waals surface area contributed by atoms with Crippen LogP contribution in [0, 0.1) is 5.92 Å². The molecule has 0 aliphatic heterocycles. The van der Waals surface area contributed by atoms with Crippen LogP contribution in [0.5, 0.6) is 0 Å². The van der Waals surface area contributed by atoms with Gasteiger partial charge in [-0.15, -0.1) is 5.10 Å². The highest BCUT2D eigenvalue weighted by atomic mass is 16.5. The van der Waals surface area contributed by atoms with Crippen molar-refractivity contribution >= 4 is 23.9 Å². The minimum atomic E-state index is -0.866. The maximum Gasteiger partial charge on any atom is 0.414 e. The Morgan fingerprint density at radius 3 is 2.30 bits per heavy atom. The van der Waals surface area contributed by atoms with Gasteiger partial charge in [-0.25, -0.2) is 4.79 Å². The summed E-state index contributed by atoms with van der Waals surface area (Å²) >= 11 is 0. The third-order valence-corrected chi connectivity index (χ3v) is 6.08. The molecule has 5 rings (SSSR count). The van der Waals surface area contributed by atoms with Crippen molar-refractivity contribution in [2.24, 2.45) is 5.92 Å². The molecule has 168 valence electrons. The number of ether oxygens (including phenoxy) is 1. The number of hydrogen-bond donors (Lipinski definition) is 4. The summed E-state index contributed by atoms with van der Waals surface area (Å²) in [5, 5.41) is 20.3. The number of H-pyrrole nitrogens is 1. The lowest BCUT2D eigenvalue weighted by Crippen LogP contribution is -2.46. The number of fused-ring (bicyclic) bond motifs is 3. The minimum absolute atomic E-state index is 0.0752. The van der Waals surface area contributed by atoms with Crippen LogP contribution in [-0.2, 0) is 9.53 Å². The first-order valence-electron chi connectivity index (χ1n) is 10.6. The Kier molecular flexibility index (Phi) is 5.25. The van der Waals surface area contributed by atoms with Crippen LogP contribution in [0.3, 0.4) is 0 Å². The molecule has 1 fully saturated rings. The van der Waals surface area contributed by atoms with Crippen LogP contribution < -0.4 is 10.6 Å². The third-order valence-electron chi connectivity index (χ3n) is 6.08. The summed E-state index contributed by atoms with van der Waals surface area (Å²) in [6.07, 6.45) is 0.0197. The van der Waals surface area contributed by atoms with Crippen molar-refractivity contribution in [3.05, 3.63) is 65.5 Å². The van der Waals surface area contributed by atoms with E-state index in [1.54, 1.807) is 0 Å². The first-order chi connectivity index (χ1) is 16.0. The van der Waals surface area contributed by atoms with E-state index in [2.05, 4.69) is 37.9 Å². The molecule has 2 amide bonds. The summed E-state index contributed by atoms with van der Waals surface area (Å²) in [6, 6.07) is 15.8. The van der Waals surface area contributed by atoms with Crippen LogP contribution in [0.2, 0.25) is 0 Å². The highest BCUT2D eigenvalue weighted by Gasteiger charge is 2.36. The normalized spacial score (nSPS) is 18.5. The third kappa shape index (κ3) is 4.02. The van der Waals surface area contributed by atoms with Gasteiger partial charge in [0.15, 0.2) is 0 Å². The second-order valence-electron chi connectivity index (χ2n) is 8.14. The number of carbonyl (C=O) groups excluding carboxylic acids is 2. The second kappa shape index (κ2) is 8.38. The monoisotopic (exact) mass is 447 g/mol. The largest absolute Gasteiger partial charge is 0.481 e. The molecule has 0 radical (unpaired) electrons. The van der Waals surface area contributed by atoms with Crippen LogP contribution in [0.15, 0.2) is 48.5 Å². The van der Waals surface area contributed by atoms with E-state index in [1.165, 1.54) is 0 Å². The summed E-state index contributed by atoms with van der Waals surface area (Å²) in [7, 11) is 0. The number of carboxylic acids is 1. The predicted octanol–water partition coefficient (Wildman–Crippen LogP) is 2.76. The zero-order valence-electron chi connectivity index (χ0n) is 17.4. The molecule has 0 spiro atoms. The molecule has 2 aliphatic carbocycles. The lowest BCUT2D eigenvalue weighted by atomic mass is 9.80. The number of aromatic amines is 1. The van der Waals surface area contributed by atoms with Crippen molar-refractivity contribution in [1.82, 2.24) is 20.5 Å². The van der Waals surface area contributed by atoms with Crippen LogP contribution in [0.25, 0.3) is 11.1 Å². The van der Waals surface area contributed by atoms with Crippen molar-refractivity contribution in [2.45, 2.75) is 24.8 Å². The van der Waals surface area contributed by atoms with Crippen LogP contribution >= 0.6 is 0 Å². The number of nitrogens with one attached hydrogen (secondary N) is 3. The Hall–Kier alpha value is -4.21. The van der Waals surface area contributed by atoms with E-state index in [4.69, 9.17) is 9.84 Å². The van der Waals surface area contributed by atoms with Gasteiger partial charge in [0.25, 0.3) is 11.9 Å². The number of rotatable bonds is 6. The number of hydrogen-bond acceptors (Lipinski definition) is 6. The molecular weight excluding hydrogens is 426 g/mol. The summed E-state index contributed by atoms with van der Waals surface area (Å²) < 4.78 is 5.44. The summed E-state index contributed by atoms with van der Waals surface area (Å²) in [6.45, 7) is 0.143. The molecule has 0 atom stereocenters. The maximum absolute atomic E-state index is 12.3. The first kappa shape index (κ1) is 20.7. The molecule has 1 saturated carbocycles. The zero-order chi connectivity index (χ0) is 22.9. The number of anilines is 1. The van der Waals surface area contributed by atoms with Gasteiger partial charge >= 0.3 is 12.1 Å². The quantitative estimate of drug-likeness (QED) is 0.454. The van der Waals surface area contributed by atoms with Gasteiger partial charge in [0.1, 0.15) is 6.61 Å². The molecule has 3 aromatic rings. The first-order valence-corrected chi connectivity index (χ1v) is 10.6. The summed E-state index contributed by atoms with van der Waals surface area (Å²) in [5.41, 5.74) is 4.47. The SMILES string of the molecule is O=C(Nc1n[nH]c(C(=O)NC2CC(C(=O)O)C2)n1)OCC1c2ccccc2-c2ccccc21. The van der Waals surface area contributed by atoms with Gasteiger partial charge in [-0.2, -0.15) is 4.98 Å². The highest BCUT2D eigenvalue weighted by molar-refractivity contribution is 5.92. The molecule has 1 aromatic heterocycles. The Labute approximate surface area is 188 Å². The molecular formula is C23H21N5O5. The fourth-order valence-corrected chi connectivity index (χ4v) is 4.34. The van der Waals surface area contributed by atoms with E-state index < -0.39 is 23.9 Å². The Bertz CT molecular complexity index is 1190. The predicted molar refractivity (Wildman–Crippen MR) is 117 cm³/mol. The van der Waals surface area contributed by atoms with E-state index in [0.717, 1.165) is 22.3 Å². The molecule has 10 heteroatoms. The summed E-state index contributed by atoms with van der Waals surface area (Å²) in [4.78, 5) is 39.4. The van der Waals surface area contributed by atoms with Crippen molar-refractivity contribution in [1.29, 1.82) is 0 Å². The molecule has 0 saturated heterocycles. The summed E-state index contributed by atoms with van der Waals surface area (Å²) in [5.74, 6) is -2.06. The van der Waals surface area contributed by atoms with Crippen molar-refractivity contribution in [2.75, 3.05) is 11.9 Å². The Morgan fingerprint density at radius 1 is 1.03 bits per heavy atom. The van der Waals surface area contributed by atoms with E-state index >= 15 is 0 Å². The molecule has 2 aromatic carbocycles. The molecule has 33 heavy (non-hydrogen) atoms. The average molecular weight is 447 g/mol. The number of benzene rings is 2. The van der Waals surface area contributed by atoms with Gasteiger partial charge < -0.3 is 15.2 Å². The standard InChI is InChI=1S/C23H21N5O5/c29-20(24-13-9-12(10-13)21(30)31)19-25-22(28-27-19)26-23(32)33-11-18-16-7-3-1-5-14(16)15-6-2-4-8-17(15)18/h1-8,12-13,18H,9-11H2,(H,24,29)(H,30,31)(H2,25,26,27,28,32). The van der Waals surface area contributed by atoms with Crippen LogP contribution in [0.4, 0.5) is 10.7 Å².